The molecule has 41 heavy (non-hydrogen) atoms. The summed E-state index contributed by atoms with van der Waals surface area (Å²) in [5.41, 5.74) is 6.78. The summed E-state index contributed by atoms with van der Waals surface area (Å²) in [4.78, 5) is 4.64. The Bertz CT molecular complexity index is 1800. The molecule has 204 valence electrons. The Labute approximate surface area is 241 Å². The molecule has 0 radical (unpaired) electrons. The summed E-state index contributed by atoms with van der Waals surface area (Å²) in [6, 6.07) is 30.9. The van der Waals surface area contributed by atoms with Crippen LogP contribution in [0.3, 0.4) is 0 Å². The minimum atomic E-state index is -0.142. The van der Waals surface area contributed by atoms with Gasteiger partial charge in [-0.25, -0.2) is 0 Å². The summed E-state index contributed by atoms with van der Waals surface area (Å²) < 4.78 is 0. The molecule has 6 nitrogen and oxygen atoms in total. The predicted octanol–water partition coefficient (Wildman–Crippen LogP) is 10.6. The van der Waals surface area contributed by atoms with Crippen molar-refractivity contribution in [2.45, 2.75) is 32.4 Å². The number of hydrogen-bond acceptors (Lipinski definition) is 6. The molecule has 0 N–H and O–H groups in total. The third-order valence-corrected chi connectivity index (χ3v) is 8.33. The summed E-state index contributed by atoms with van der Waals surface area (Å²) in [7, 11) is 4.29. The smallest absolute Gasteiger partial charge is 0.106 e. The molecule has 0 atom stereocenters. The number of rotatable bonds is 7. The normalized spacial score (nSPS) is 14.5. The molecule has 0 unspecified atom stereocenters. The van der Waals surface area contributed by atoms with Crippen LogP contribution in [0, 0.1) is 0 Å². The van der Waals surface area contributed by atoms with Gasteiger partial charge < -0.3 is 9.80 Å². The lowest BCUT2D eigenvalue weighted by Gasteiger charge is -2.49. The van der Waals surface area contributed by atoms with Gasteiger partial charge in [0.1, 0.15) is 5.66 Å². The van der Waals surface area contributed by atoms with Gasteiger partial charge in [0, 0.05) is 47.0 Å². The van der Waals surface area contributed by atoms with E-state index in [0.29, 0.717) is 0 Å². The van der Waals surface area contributed by atoms with Crippen molar-refractivity contribution >= 4 is 55.7 Å². The molecule has 1 heterocycles. The van der Waals surface area contributed by atoms with Crippen molar-refractivity contribution in [2.24, 2.45) is 20.5 Å². The molecular formula is C35H34N6. The van der Waals surface area contributed by atoms with Crippen LogP contribution >= 0.6 is 0 Å². The molecule has 0 aromatic heterocycles. The predicted molar refractivity (Wildman–Crippen MR) is 172 cm³/mol. The number of azo groups is 2. The van der Waals surface area contributed by atoms with Crippen LogP contribution in [0.15, 0.2) is 124 Å². The van der Waals surface area contributed by atoms with Crippen LogP contribution in [-0.4, -0.2) is 19.8 Å². The second-order valence-electron chi connectivity index (χ2n) is 11.0. The zero-order valence-electron chi connectivity index (χ0n) is 24.0. The average Bonchev–Trinajstić information content (AvgIpc) is 3.00. The summed E-state index contributed by atoms with van der Waals surface area (Å²) >= 11 is 0. The van der Waals surface area contributed by atoms with Crippen molar-refractivity contribution in [1.82, 2.24) is 0 Å². The summed E-state index contributed by atoms with van der Waals surface area (Å²) in [5.74, 6) is 0. The van der Waals surface area contributed by atoms with Gasteiger partial charge in [0.25, 0.3) is 0 Å². The molecule has 0 saturated heterocycles. The van der Waals surface area contributed by atoms with Gasteiger partial charge in [-0.05, 0) is 74.7 Å². The highest BCUT2D eigenvalue weighted by atomic mass is 15.4. The first-order valence-electron chi connectivity index (χ1n) is 14.0. The topological polar surface area (TPSA) is 55.9 Å². The van der Waals surface area contributed by atoms with Crippen LogP contribution < -0.4 is 9.80 Å². The number of allylic oxidation sites excluding steroid dienone is 1. The maximum atomic E-state index is 4.76. The standard InChI is InChI=1S/C35H34N6/c1-6-7-11-24-16-18-25(19-17-24)36-37-29-20-21-30(27-13-9-8-12-26(27)29)38-39-31-22-23-33-34-28(31)14-10-15-32(34)40(4)35(2,3)41(33)5/h6,8-10,12-23H,1,7,11H2,2-5H3. The molecule has 0 amide bonds. The van der Waals surface area contributed by atoms with E-state index in [1.165, 1.54) is 22.3 Å². The first-order chi connectivity index (χ1) is 19.9. The molecule has 1 aliphatic heterocycles. The molecular weight excluding hydrogens is 504 g/mol. The number of fused-ring (bicyclic) bond motifs is 1. The fourth-order valence-electron chi connectivity index (χ4n) is 5.47. The van der Waals surface area contributed by atoms with Crippen LogP contribution in [0.5, 0.6) is 0 Å². The Kier molecular flexibility index (Phi) is 6.83. The first-order valence-corrected chi connectivity index (χ1v) is 14.0. The molecule has 5 aromatic rings. The number of benzene rings is 5. The Morgan fingerprint density at radius 2 is 1.17 bits per heavy atom. The highest BCUT2D eigenvalue weighted by Crippen LogP contribution is 2.47. The van der Waals surface area contributed by atoms with Crippen molar-refractivity contribution < 1.29 is 0 Å². The second-order valence-corrected chi connectivity index (χ2v) is 11.0. The number of nitrogens with zero attached hydrogens (tertiary/aromatic N) is 6. The average molecular weight is 539 g/mol. The summed E-state index contributed by atoms with van der Waals surface area (Å²) in [5, 5.41) is 22.8. The lowest BCUT2D eigenvalue weighted by Crippen LogP contribution is -2.56. The van der Waals surface area contributed by atoms with Gasteiger partial charge in [0.15, 0.2) is 0 Å². The van der Waals surface area contributed by atoms with Crippen molar-refractivity contribution in [3.8, 4) is 0 Å². The second kappa shape index (κ2) is 10.6. The lowest BCUT2D eigenvalue weighted by atomic mass is 9.97. The summed E-state index contributed by atoms with van der Waals surface area (Å²) in [6.45, 7) is 8.27. The minimum absolute atomic E-state index is 0.142. The van der Waals surface area contributed by atoms with Gasteiger partial charge in [-0.15, -0.1) is 21.9 Å². The van der Waals surface area contributed by atoms with E-state index in [2.05, 4.69) is 109 Å². The zero-order valence-corrected chi connectivity index (χ0v) is 24.0. The Morgan fingerprint density at radius 1 is 0.634 bits per heavy atom. The Morgan fingerprint density at radius 3 is 1.80 bits per heavy atom. The van der Waals surface area contributed by atoms with Crippen molar-refractivity contribution in [3.63, 3.8) is 0 Å². The quantitative estimate of drug-likeness (QED) is 0.153. The zero-order chi connectivity index (χ0) is 28.6. The number of aryl methyl sites for hydroxylation is 1. The van der Waals surface area contributed by atoms with E-state index in [1.807, 2.05) is 42.5 Å². The van der Waals surface area contributed by atoms with E-state index in [1.54, 1.807) is 0 Å². The molecule has 0 fully saturated rings. The molecule has 6 heteroatoms. The minimum Gasteiger partial charge on any atom is -0.352 e. The van der Waals surface area contributed by atoms with E-state index in [4.69, 9.17) is 10.2 Å². The van der Waals surface area contributed by atoms with Crippen molar-refractivity contribution in [1.29, 1.82) is 0 Å². The van der Waals surface area contributed by atoms with Crippen molar-refractivity contribution in [3.05, 3.63) is 109 Å². The number of anilines is 2. The largest absolute Gasteiger partial charge is 0.352 e. The van der Waals surface area contributed by atoms with E-state index >= 15 is 0 Å². The van der Waals surface area contributed by atoms with Crippen LogP contribution in [0.1, 0.15) is 25.8 Å². The molecule has 1 aliphatic rings. The third-order valence-electron chi connectivity index (χ3n) is 8.33. The van der Waals surface area contributed by atoms with Crippen molar-refractivity contribution in [2.75, 3.05) is 23.9 Å². The summed E-state index contributed by atoms with van der Waals surface area (Å²) in [6.07, 6.45) is 3.88. The fraction of sp³-hybridized carbons (Fsp3) is 0.200. The van der Waals surface area contributed by atoms with E-state index in [0.717, 1.165) is 51.7 Å². The maximum absolute atomic E-state index is 4.76. The van der Waals surface area contributed by atoms with Crippen LogP contribution in [-0.2, 0) is 6.42 Å². The van der Waals surface area contributed by atoms with Gasteiger partial charge in [-0.2, -0.15) is 5.11 Å². The molecule has 0 spiro atoms. The Balaban J connectivity index is 1.33. The van der Waals surface area contributed by atoms with Gasteiger partial charge in [-0.3, -0.25) is 0 Å². The SMILES string of the molecule is C=CCCc1ccc(N=Nc2ccc(N=Nc3ccc4c5c(cccc35)N(C)C(C)(C)N4C)c3ccccc23)cc1. The van der Waals surface area contributed by atoms with E-state index in [9.17, 15) is 0 Å². The van der Waals surface area contributed by atoms with E-state index < -0.39 is 0 Å². The third kappa shape index (κ3) is 4.76. The molecule has 0 saturated carbocycles. The molecule has 5 aromatic carbocycles. The van der Waals surface area contributed by atoms with E-state index in [-0.39, 0.29) is 5.66 Å². The van der Waals surface area contributed by atoms with Crippen LogP contribution in [0.2, 0.25) is 0 Å². The Hall–Kier alpha value is -4.84. The van der Waals surface area contributed by atoms with Gasteiger partial charge in [-0.1, -0.05) is 54.6 Å². The molecule has 0 bridgehead atoms. The fourth-order valence-corrected chi connectivity index (χ4v) is 5.47. The van der Waals surface area contributed by atoms with Gasteiger partial charge >= 0.3 is 0 Å². The molecule has 6 rings (SSSR count). The van der Waals surface area contributed by atoms with Gasteiger partial charge in [0.05, 0.1) is 22.7 Å². The molecule has 0 aliphatic carbocycles. The van der Waals surface area contributed by atoms with Gasteiger partial charge in [0.2, 0.25) is 0 Å². The van der Waals surface area contributed by atoms with Crippen LogP contribution in [0.25, 0.3) is 21.5 Å². The lowest BCUT2D eigenvalue weighted by molar-refractivity contribution is 0.474. The highest BCUT2D eigenvalue weighted by molar-refractivity contribution is 6.10. The monoisotopic (exact) mass is 538 g/mol. The van der Waals surface area contributed by atoms with Crippen LogP contribution in [0.4, 0.5) is 34.1 Å². The highest BCUT2D eigenvalue weighted by Gasteiger charge is 2.35. The first kappa shape index (κ1) is 26.4. The maximum Gasteiger partial charge on any atom is 0.106 e. The number of hydrogen-bond donors (Lipinski definition) is 0.